The Labute approximate surface area is 90.4 Å². The minimum absolute atomic E-state index is 0.0514. The molecule has 3 nitrogen and oxygen atoms in total. The fraction of sp³-hybridized carbons (Fsp3) is 0.500. The van der Waals surface area contributed by atoms with E-state index in [-0.39, 0.29) is 6.04 Å². The normalized spacial score (nSPS) is 18.3. The summed E-state index contributed by atoms with van der Waals surface area (Å²) in [5.41, 5.74) is 8.63. The Morgan fingerprint density at radius 3 is 2.73 bits per heavy atom. The van der Waals surface area contributed by atoms with E-state index in [1.807, 2.05) is 0 Å². The van der Waals surface area contributed by atoms with Crippen molar-refractivity contribution in [2.24, 2.45) is 5.73 Å². The first-order valence-corrected chi connectivity index (χ1v) is 5.54. The van der Waals surface area contributed by atoms with Crippen LogP contribution in [-0.2, 0) is 0 Å². The fourth-order valence-electron chi connectivity index (χ4n) is 1.99. The van der Waals surface area contributed by atoms with Crippen LogP contribution in [0.4, 0.5) is 0 Å². The summed E-state index contributed by atoms with van der Waals surface area (Å²) in [5.74, 6) is 0. The standard InChI is InChI=1S/C12H17N3/c13-12(11-7-14-9-15-8-11)6-10-4-2-1-3-5-10/h4,7-9,12H,1-3,5-6,13H2. The van der Waals surface area contributed by atoms with Crippen LogP contribution in [0.1, 0.15) is 43.7 Å². The van der Waals surface area contributed by atoms with Crippen LogP contribution in [0.3, 0.4) is 0 Å². The Morgan fingerprint density at radius 1 is 1.27 bits per heavy atom. The molecule has 1 unspecified atom stereocenters. The highest BCUT2D eigenvalue weighted by molar-refractivity contribution is 5.15. The summed E-state index contributed by atoms with van der Waals surface area (Å²) in [6.45, 7) is 0. The van der Waals surface area contributed by atoms with E-state index in [0.29, 0.717) is 0 Å². The van der Waals surface area contributed by atoms with E-state index >= 15 is 0 Å². The molecule has 1 aromatic heterocycles. The average molecular weight is 203 g/mol. The minimum Gasteiger partial charge on any atom is -0.324 e. The van der Waals surface area contributed by atoms with Gasteiger partial charge < -0.3 is 5.73 Å². The Bertz CT molecular complexity index is 332. The zero-order valence-electron chi connectivity index (χ0n) is 8.89. The molecule has 2 N–H and O–H groups in total. The first kappa shape index (κ1) is 10.3. The van der Waals surface area contributed by atoms with Gasteiger partial charge in [-0.15, -0.1) is 0 Å². The summed E-state index contributed by atoms with van der Waals surface area (Å²) >= 11 is 0. The molecule has 0 saturated heterocycles. The highest BCUT2D eigenvalue weighted by Crippen LogP contribution is 2.25. The third kappa shape index (κ3) is 2.86. The lowest BCUT2D eigenvalue weighted by atomic mass is 9.93. The van der Waals surface area contributed by atoms with Crippen molar-refractivity contribution in [1.29, 1.82) is 0 Å². The second kappa shape index (κ2) is 5.03. The van der Waals surface area contributed by atoms with Crippen molar-refractivity contribution >= 4 is 0 Å². The molecular formula is C12H17N3. The van der Waals surface area contributed by atoms with E-state index in [9.17, 15) is 0 Å². The first-order valence-electron chi connectivity index (χ1n) is 5.54. The van der Waals surface area contributed by atoms with Gasteiger partial charge in [0, 0.05) is 24.0 Å². The number of hydrogen-bond acceptors (Lipinski definition) is 3. The molecule has 0 radical (unpaired) electrons. The Kier molecular flexibility index (Phi) is 3.45. The molecule has 0 bridgehead atoms. The lowest BCUT2D eigenvalue weighted by Gasteiger charge is -2.17. The van der Waals surface area contributed by atoms with Crippen molar-refractivity contribution in [3.05, 3.63) is 35.9 Å². The average Bonchev–Trinajstić information content (AvgIpc) is 2.31. The van der Waals surface area contributed by atoms with Gasteiger partial charge in [0.15, 0.2) is 0 Å². The second-order valence-corrected chi connectivity index (χ2v) is 4.09. The van der Waals surface area contributed by atoms with Gasteiger partial charge >= 0.3 is 0 Å². The molecular weight excluding hydrogens is 186 g/mol. The molecule has 15 heavy (non-hydrogen) atoms. The maximum Gasteiger partial charge on any atom is 0.115 e. The quantitative estimate of drug-likeness (QED) is 0.767. The van der Waals surface area contributed by atoms with Crippen LogP contribution in [0, 0.1) is 0 Å². The Hall–Kier alpha value is -1.22. The van der Waals surface area contributed by atoms with Gasteiger partial charge in [0.2, 0.25) is 0 Å². The SMILES string of the molecule is NC(CC1=CCCCC1)c1cncnc1. The molecule has 0 aromatic carbocycles. The number of nitrogens with zero attached hydrogens (tertiary/aromatic N) is 2. The predicted molar refractivity (Wildman–Crippen MR) is 60.1 cm³/mol. The third-order valence-electron chi connectivity index (χ3n) is 2.88. The smallest absolute Gasteiger partial charge is 0.115 e. The van der Waals surface area contributed by atoms with Gasteiger partial charge in [-0.3, -0.25) is 0 Å². The van der Waals surface area contributed by atoms with Crippen LogP contribution in [-0.4, -0.2) is 9.97 Å². The molecule has 1 aliphatic rings. The monoisotopic (exact) mass is 203 g/mol. The molecule has 80 valence electrons. The third-order valence-corrected chi connectivity index (χ3v) is 2.88. The largest absolute Gasteiger partial charge is 0.324 e. The molecule has 0 fully saturated rings. The predicted octanol–water partition coefficient (Wildman–Crippen LogP) is 2.37. The van der Waals surface area contributed by atoms with Gasteiger partial charge in [-0.1, -0.05) is 11.6 Å². The van der Waals surface area contributed by atoms with Crippen LogP contribution in [0.5, 0.6) is 0 Å². The summed E-state index contributed by atoms with van der Waals surface area (Å²) in [6.07, 6.45) is 13.5. The zero-order valence-corrected chi connectivity index (χ0v) is 8.89. The number of allylic oxidation sites excluding steroid dienone is 1. The molecule has 0 aliphatic heterocycles. The van der Waals surface area contributed by atoms with E-state index in [1.54, 1.807) is 12.4 Å². The molecule has 0 spiro atoms. The van der Waals surface area contributed by atoms with Crippen molar-refractivity contribution in [2.45, 2.75) is 38.1 Å². The zero-order chi connectivity index (χ0) is 10.5. The minimum atomic E-state index is 0.0514. The molecule has 0 saturated carbocycles. The van der Waals surface area contributed by atoms with Gasteiger partial charge in [-0.05, 0) is 32.1 Å². The number of aromatic nitrogens is 2. The van der Waals surface area contributed by atoms with E-state index in [0.717, 1.165) is 12.0 Å². The molecule has 1 heterocycles. The molecule has 1 atom stereocenters. The van der Waals surface area contributed by atoms with Crippen LogP contribution < -0.4 is 5.73 Å². The Morgan fingerprint density at radius 2 is 2.07 bits per heavy atom. The van der Waals surface area contributed by atoms with Gasteiger partial charge in [-0.2, -0.15) is 0 Å². The van der Waals surface area contributed by atoms with E-state index < -0.39 is 0 Å². The maximum absolute atomic E-state index is 6.11. The highest BCUT2D eigenvalue weighted by atomic mass is 14.8. The molecule has 3 heteroatoms. The first-order chi connectivity index (χ1) is 7.36. The van der Waals surface area contributed by atoms with Crippen molar-refractivity contribution in [2.75, 3.05) is 0 Å². The van der Waals surface area contributed by atoms with Gasteiger partial charge in [0.05, 0.1) is 0 Å². The lowest BCUT2D eigenvalue weighted by molar-refractivity contribution is 0.626. The lowest BCUT2D eigenvalue weighted by Crippen LogP contribution is -2.12. The summed E-state index contributed by atoms with van der Waals surface area (Å²) < 4.78 is 0. The number of nitrogens with two attached hydrogens (primary N) is 1. The van der Waals surface area contributed by atoms with Crippen molar-refractivity contribution in [3.63, 3.8) is 0 Å². The summed E-state index contributed by atoms with van der Waals surface area (Å²) in [5, 5.41) is 0. The van der Waals surface area contributed by atoms with Gasteiger partial charge in [-0.25, -0.2) is 9.97 Å². The highest BCUT2D eigenvalue weighted by Gasteiger charge is 2.11. The van der Waals surface area contributed by atoms with Gasteiger partial charge in [0.25, 0.3) is 0 Å². The topological polar surface area (TPSA) is 51.8 Å². The summed E-state index contributed by atoms with van der Waals surface area (Å²) in [7, 11) is 0. The number of hydrogen-bond donors (Lipinski definition) is 1. The van der Waals surface area contributed by atoms with Crippen LogP contribution >= 0.6 is 0 Å². The maximum atomic E-state index is 6.11. The van der Waals surface area contributed by atoms with E-state index in [4.69, 9.17) is 5.73 Å². The molecule has 2 rings (SSSR count). The summed E-state index contributed by atoms with van der Waals surface area (Å²) in [6, 6.07) is 0.0514. The van der Waals surface area contributed by atoms with Crippen LogP contribution in [0.25, 0.3) is 0 Å². The number of rotatable bonds is 3. The molecule has 0 amide bonds. The van der Waals surface area contributed by atoms with Crippen LogP contribution in [0.15, 0.2) is 30.4 Å². The Balaban J connectivity index is 1.97. The van der Waals surface area contributed by atoms with Crippen molar-refractivity contribution in [3.8, 4) is 0 Å². The fourth-order valence-corrected chi connectivity index (χ4v) is 1.99. The van der Waals surface area contributed by atoms with Crippen molar-refractivity contribution < 1.29 is 0 Å². The van der Waals surface area contributed by atoms with Gasteiger partial charge in [0.1, 0.15) is 6.33 Å². The van der Waals surface area contributed by atoms with E-state index in [2.05, 4.69) is 16.0 Å². The van der Waals surface area contributed by atoms with E-state index in [1.165, 1.54) is 37.6 Å². The summed E-state index contributed by atoms with van der Waals surface area (Å²) in [4.78, 5) is 7.98. The molecule has 1 aliphatic carbocycles. The van der Waals surface area contributed by atoms with Crippen molar-refractivity contribution in [1.82, 2.24) is 9.97 Å². The van der Waals surface area contributed by atoms with Crippen LogP contribution in [0.2, 0.25) is 0 Å². The second-order valence-electron chi connectivity index (χ2n) is 4.09. The molecule has 1 aromatic rings.